The maximum Gasteiger partial charge on any atom is 0.102 e. The average molecular weight is 135 g/mol. The summed E-state index contributed by atoms with van der Waals surface area (Å²) in [6.45, 7) is 0.581. The van der Waals surface area contributed by atoms with Crippen LogP contribution in [-0.4, -0.2) is 12.0 Å². The van der Waals surface area contributed by atoms with Crippen LogP contribution in [0.15, 0.2) is 34.6 Å². The van der Waals surface area contributed by atoms with Gasteiger partial charge in [0, 0.05) is 13.2 Å². The van der Waals surface area contributed by atoms with Crippen molar-refractivity contribution < 1.29 is 0 Å². The molecule has 0 N–H and O–H groups in total. The molecule has 0 radical (unpaired) electrons. The maximum atomic E-state index is 4.06. The lowest BCUT2D eigenvalue weighted by Crippen LogP contribution is -1.83. The molecule has 10 heavy (non-hydrogen) atoms. The molecular formula is C7H9N3. The number of rotatable bonds is 2. The average Bonchev–Trinajstić information content (AvgIpc) is 2.03. The largest absolute Gasteiger partial charge is 0.259 e. The van der Waals surface area contributed by atoms with Gasteiger partial charge in [0.25, 0.3) is 0 Å². The molecule has 0 spiro atoms. The lowest BCUT2D eigenvalue weighted by Gasteiger charge is -1.90. The summed E-state index contributed by atoms with van der Waals surface area (Å²) in [5.41, 5.74) is 0.952. The third-order valence-corrected chi connectivity index (χ3v) is 1.10. The molecule has 1 rings (SSSR count). The van der Waals surface area contributed by atoms with Crippen LogP contribution < -0.4 is 0 Å². The summed E-state index contributed by atoms with van der Waals surface area (Å²) in [4.78, 5) is 4.06. The zero-order valence-electron chi connectivity index (χ0n) is 5.86. The van der Waals surface area contributed by atoms with Crippen molar-refractivity contribution >= 4 is 0 Å². The van der Waals surface area contributed by atoms with Gasteiger partial charge in [-0.05, 0) is 12.1 Å². The topological polar surface area (TPSA) is 37.6 Å². The van der Waals surface area contributed by atoms with Gasteiger partial charge < -0.3 is 0 Å². The first kappa shape index (κ1) is 6.86. The van der Waals surface area contributed by atoms with Gasteiger partial charge in [0.2, 0.25) is 0 Å². The van der Waals surface area contributed by atoms with E-state index < -0.39 is 0 Å². The van der Waals surface area contributed by atoms with Crippen LogP contribution >= 0.6 is 0 Å². The molecule has 1 aromatic rings. The highest BCUT2D eigenvalue weighted by Gasteiger charge is 1.86. The molecule has 0 aromatic carbocycles. The summed E-state index contributed by atoms with van der Waals surface area (Å²) >= 11 is 0. The van der Waals surface area contributed by atoms with Crippen molar-refractivity contribution in [2.75, 3.05) is 7.05 Å². The quantitative estimate of drug-likeness (QED) is 0.568. The highest BCUT2D eigenvalue weighted by atomic mass is 15.1. The van der Waals surface area contributed by atoms with E-state index in [4.69, 9.17) is 0 Å². The fraction of sp³-hybridized carbons (Fsp3) is 0.286. The fourth-order valence-electron chi connectivity index (χ4n) is 0.635. The van der Waals surface area contributed by atoms with Crippen LogP contribution in [0.2, 0.25) is 0 Å². The van der Waals surface area contributed by atoms with E-state index in [1.54, 1.807) is 13.2 Å². The van der Waals surface area contributed by atoms with Crippen molar-refractivity contribution in [2.45, 2.75) is 6.54 Å². The molecule has 0 aliphatic rings. The molecule has 3 heteroatoms. The van der Waals surface area contributed by atoms with Crippen molar-refractivity contribution in [3.8, 4) is 0 Å². The third kappa shape index (κ3) is 1.93. The summed E-state index contributed by atoms with van der Waals surface area (Å²) in [6, 6.07) is 5.74. The molecule has 0 bridgehead atoms. The number of nitrogens with zero attached hydrogens (tertiary/aromatic N) is 3. The standard InChI is InChI=1S/C7H9N3/c1-8-10-6-7-4-2-3-5-9-7/h2-5H,6H2,1H3. The number of azo groups is 1. The van der Waals surface area contributed by atoms with Gasteiger partial charge in [0.05, 0.1) is 5.69 Å². The number of hydrogen-bond donors (Lipinski definition) is 0. The molecule has 1 heterocycles. The van der Waals surface area contributed by atoms with Crippen LogP contribution in [-0.2, 0) is 6.54 Å². The van der Waals surface area contributed by atoms with Gasteiger partial charge in [-0.1, -0.05) is 6.07 Å². The summed E-state index contributed by atoms with van der Waals surface area (Å²) < 4.78 is 0. The van der Waals surface area contributed by atoms with E-state index in [0.717, 1.165) is 5.69 Å². The molecule has 0 fully saturated rings. The molecule has 0 unspecified atom stereocenters. The molecule has 0 saturated carbocycles. The smallest absolute Gasteiger partial charge is 0.102 e. The number of aromatic nitrogens is 1. The van der Waals surface area contributed by atoms with Crippen molar-refractivity contribution in [1.29, 1.82) is 0 Å². The molecule has 1 aromatic heterocycles. The SMILES string of the molecule is CN=NCc1ccccn1. The van der Waals surface area contributed by atoms with Gasteiger partial charge in [0.15, 0.2) is 0 Å². The molecule has 3 nitrogen and oxygen atoms in total. The van der Waals surface area contributed by atoms with Gasteiger partial charge in [0.1, 0.15) is 6.54 Å². The predicted octanol–water partition coefficient (Wildman–Crippen LogP) is 1.66. The molecule has 0 amide bonds. The Morgan fingerprint density at radius 3 is 3.00 bits per heavy atom. The van der Waals surface area contributed by atoms with Crippen molar-refractivity contribution in [2.24, 2.45) is 10.2 Å². The third-order valence-electron chi connectivity index (χ3n) is 1.10. The van der Waals surface area contributed by atoms with Gasteiger partial charge in [-0.2, -0.15) is 10.2 Å². The van der Waals surface area contributed by atoms with Gasteiger partial charge >= 0.3 is 0 Å². The van der Waals surface area contributed by atoms with E-state index in [0.29, 0.717) is 6.54 Å². The lowest BCUT2D eigenvalue weighted by molar-refractivity contribution is 0.896. The second-order valence-electron chi connectivity index (χ2n) is 1.82. The first-order chi connectivity index (χ1) is 4.93. The molecule has 0 saturated heterocycles. The lowest BCUT2D eigenvalue weighted by atomic mass is 10.4. The van der Waals surface area contributed by atoms with Crippen LogP contribution in [0.5, 0.6) is 0 Å². The normalized spacial score (nSPS) is 10.5. The zero-order valence-corrected chi connectivity index (χ0v) is 5.86. The highest BCUT2D eigenvalue weighted by Crippen LogP contribution is 1.94. The Labute approximate surface area is 59.8 Å². The van der Waals surface area contributed by atoms with Gasteiger partial charge in [-0.3, -0.25) is 4.98 Å². The Kier molecular flexibility index (Phi) is 2.55. The van der Waals surface area contributed by atoms with Crippen LogP contribution in [0.1, 0.15) is 5.69 Å². The summed E-state index contributed by atoms with van der Waals surface area (Å²) in [7, 11) is 1.66. The molecular weight excluding hydrogens is 126 g/mol. The van der Waals surface area contributed by atoms with E-state index in [2.05, 4.69) is 15.2 Å². The summed E-state index contributed by atoms with van der Waals surface area (Å²) in [5, 5.41) is 7.42. The highest BCUT2D eigenvalue weighted by molar-refractivity contribution is 5.02. The molecule has 0 atom stereocenters. The van der Waals surface area contributed by atoms with Gasteiger partial charge in [-0.25, -0.2) is 0 Å². The van der Waals surface area contributed by atoms with E-state index in [1.165, 1.54) is 0 Å². The Morgan fingerprint density at radius 2 is 2.40 bits per heavy atom. The van der Waals surface area contributed by atoms with Crippen molar-refractivity contribution in [1.82, 2.24) is 4.98 Å². The Bertz CT molecular complexity index is 205. The predicted molar refractivity (Wildman–Crippen MR) is 38.7 cm³/mol. The minimum Gasteiger partial charge on any atom is -0.259 e. The van der Waals surface area contributed by atoms with Crippen molar-refractivity contribution in [3.63, 3.8) is 0 Å². The van der Waals surface area contributed by atoms with E-state index in [9.17, 15) is 0 Å². The molecule has 0 aliphatic heterocycles. The first-order valence-corrected chi connectivity index (χ1v) is 3.09. The zero-order chi connectivity index (χ0) is 7.23. The minimum absolute atomic E-state index is 0.581. The second-order valence-corrected chi connectivity index (χ2v) is 1.82. The Morgan fingerprint density at radius 1 is 1.50 bits per heavy atom. The minimum atomic E-state index is 0.581. The first-order valence-electron chi connectivity index (χ1n) is 3.09. The maximum absolute atomic E-state index is 4.06. The summed E-state index contributed by atoms with van der Waals surface area (Å²) in [5.74, 6) is 0. The van der Waals surface area contributed by atoms with E-state index in [1.807, 2.05) is 18.2 Å². The van der Waals surface area contributed by atoms with Crippen LogP contribution in [0.4, 0.5) is 0 Å². The number of hydrogen-bond acceptors (Lipinski definition) is 3. The second kappa shape index (κ2) is 3.71. The summed E-state index contributed by atoms with van der Waals surface area (Å²) in [6.07, 6.45) is 1.75. The number of pyridine rings is 1. The van der Waals surface area contributed by atoms with Crippen LogP contribution in [0.25, 0.3) is 0 Å². The molecule has 52 valence electrons. The molecule has 0 aliphatic carbocycles. The Balaban J connectivity index is 2.59. The monoisotopic (exact) mass is 135 g/mol. The van der Waals surface area contributed by atoms with Crippen molar-refractivity contribution in [3.05, 3.63) is 30.1 Å². The van der Waals surface area contributed by atoms with Crippen LogP contribution in [0, 0.1) is 0 Å². The van der Waals surface area contributed by atoms with Gasteiger partial charge in [-0.15, -0.1) is 0 Å². The van der Waals surface area contributed by atoms with Crippen LogP contribution in [0.3, 0.4) is 0 Å². The van der Waals surface area contributed by atoms with E-state index in [-0.39, 0.29) is 0 Å². The van der Waals surface area contributed by atoms with E-state index >= 15 is 0 Å². The fourth-order valence-corrected chi connectivity index (χ4v) is 0.635. The Hall–Kier alpha value is -1.25.